The van der Waals surface area contributed by atoms with Crippen LogP contribution in [-0.4, -0.2) is 38.5 Å². The van der Waals surface area contributed by atoms with Crippen molar-refractivity contribution in [1.29, 1.82) is 0 Å². The number of methoxy groups -OCH3 is 2. The Morgan fingerprint density at radius 3 is 2.83 bits per heavy atom. The summed E-state index contributed by atoms with van der Waals surface area (Å²) in [5.74, 6) is 1.70. The smallest absolute Gasteiger partial charge is 0.142 e. The minimum Gasteiger partial charge on any atom is -0.497 e. The highest BCUT2D eigenvalue weighted by Crippen LogP contribution is 2.37. The van der Waals surface area contributed by atoms with E-state index in [4.69, 9.17) is 14.6 Å². The Hall–Kier alpha value is -1.42. The summed E-state index contributed by atoms with van der Waals surface area (Å²) in [4.78, 5) is 2.32. The van der Waals surface area contributed by atoms with Gasteiger partial charge in [-0.15, -0.1) is 0 Å². The van der Waals surface area contributed by atoms with Gasteiger partial charge in [-0.2, -0.15) is 0 Å². The van der Waals surface area contributed by atoms with Crippen molar-refractivity contribution in [3.8, 4) is 11.5 Å². The Morgan fingerprint density at radius 2 is 2.17 bits per heavy atom. The van der Waals surface area contributed by atoms with Gasteiger partial charge in [0, 0.05) is 25.3 Å². The molecule has 1 unspecified atom stereocenters. The van der Waals surface area contributed by atoms with E-state index < -0.39 is 0 Å². The number of benzene rings is 1. The zero-order valence-corrected chi connectivity index (χ0v) is 11.1. The lowest BCUT2D eigenvalue weighted by Crippen LogP contribution is -2.30. The number of aliphatic hydroxyl groups is 1. The summed E-state index contributed by atoms with van der Waals surface area (Å²) in [5, 5.41) is 9.14. The fraction of sp³-hybridized carbons (Fsp3) is 0.571. The largest absolute Gasteiger partial charge is 0.497 e. The SMILES string of the molecule is COc1ccc(OC)c(N2CCCC2CCO)c1. The molecule has 2 rings (SSSR count). The van der Waals surface area contributed by atoms with E-state index in [2.05, 4.69) is 4.90 Å². The van der Waals surface area contributed by atoms with E-state index in [-0.39, 0.29) is 6.61 Å². The molecule has 0 amide bonds. The van der Waals surface area contributed by atoms with Crippen LogP contribution in [-0.2, 0) is 0 Å². The van der Waals surface area contributed by atoms with Gasteiger partial charge in [-0.05, 0) is 31.4 Å². The van der Waals surface area contributed by atoms with E-state index in [0.717, 1.165) is 43.0 Å². The highest BCUT2D eigenvalue weighted by Gasteiger charge is 2.26. The molecule has 1 fully saturated rings. The van der Waals surface area contributed by atoms with Gasteiger partial charge >= 0.3 is 0 Å². The first-order valence-electron chi connectivity index (χ1n) is 6.39. The Morgan fingerprint density at radius 1 is 1.33 bits per heavy atom. The van der Waals surface area contributed by atoms with Crippen molar-refractivity contribution in [3.63, 3.8) is 0 Å². The van der Waals surface area contributed by atoms with Gasteiger partial charge in [0.05, 0.1) is 19.9 Å². The number of nitrogens with zero attached hydrogens (tertiary/aromatic N) is 1. The van der Waals surface area contributed by atoms with Gasteiger partial charge in [0.15, 0.2) is 0 Å². The monoisotopic (exact) mass is 251 g/mol. The fourth-order valence-corrected chi connectivity index (χ4v) is 2.62. The number of rotatable bonds is 5. The van der Waals surface area contributed by atoms with Crippen molar-refractivity contribution in [1.82, 2.24) is 0 Å². The van der Waals surface area contributed by atoms with Gasteiger partial charge in [0.1, 0.15) is 11.5 Å². The molecule has 0 bridgehead atoms. The highest BCUT2D eigenvalue weighted by atomic mass is 16.5. The van der Waals surface area contributed by atoms with Crippen molar-refractivity contribution in [2.45, 2.75) is 25.3 Å². The Bertz CT molecular complexity index is 395. The Kier molecular flexibility index (Phi) is 4.31. The molecule has 0 radical (unpaired) electrons. The van der Waals surface area contributed by atoms with Crippen LogP contribution in [0.2, 0.25) is 0 Å². The van der Waals surface area contributed by atoms with Crippen LogP contribution in [0, 0.1) is 0 Å². The van der Waals surface area contributed by atoms with Crippen molar-refractivity contribution in [3.05, 3.63) is 18.2 Å². The summed E-state index contributed by atoms with van der Waals surface area (Å²) in [6, 6.07) is 6.24. The maximum absolute atomic E-state index is 9.14. The zero-order valence-electron chi connectivity index (χ0n) is 11.1. The van der Waals surface area contributed by atoms with Crippen LogP contribution in [0.3, 0.4) is 0 Å². The third-order valence-electron chi connectivity index (χ3n) is 3.53. The van der Waals surface area contributed by atoms with Gasteiger partial charge in [-0.1, -0.05) is 0 Å². The lowest BCUT2D eigenvalue weighted by molar-refractivity contribution is 0.275. The second-order valence-electron chi connectivity index (χ2n) is 4.54. The second kappa shape index (κ2) is 5.96. The maximum Gasteiger partial charge on any atom is 0.142 e. The van der Waals surface area contributed by atoms with Crippen LogP contribution in [0.15, 0.2) is 18.2 Å². The predicted molar refractivity (Wildman–Crippen MR) is 71.6 cm³/mol. The molecule has 1 heterocycles. The number of hydrogen-bond acceptors (Lipinski definition) is 4. The number of hydrogen-bond donors (Lipinski definition) is 1. The standard InChI is InChI=1S/C14H21NO3/c1-17-12-5-6-14(18-2)13(10-12)15-8-3-4-11(15)7-9-16/h5-6,10-11,16H,3-4,7-9H2,1-2H3. The maximum atomic E-state index is 9.14. The molecule has 1 atom stereocenters. The van der Waals surface area contributed by atoms with Crippen molar-refractivity contribution in [2.75, 3.05) is 32.3 Å². The first-order valence-corrected chi connectivity index (χ1v) is 6.39. The molecule has 0 aliphatic carbocycles. The van der Waals surface area contributed by atoms with Crippen LogP contribution < -0.4 is 14.4 Å². The van der Waals surface area contributed by atoms with Gasteiger partial charge in [-0.3, -0.25) is 0 Å². The van der Waals surface area contributed by atoms with E-state index in [9.17, 15) is 0 Å². The number of anilines is 1. The molecule has 18 heavy (non-hydrogen) atoms. The molecule has 1 aliphatic rings. The Labute approximate surface area is 108 Å². The third-order valence-corrected chi connectivity index (χ3v) is 3.53. The van der Waals surface area contributed by atoms with Crippen LogP contribution in [0.1, 0.15) is 19.3 Å². The summed E-state index contributed by atoms with van der Waals surface area (Å²) in [6.45, 7) is 1.24. The molecule has 0 spiro atoms. The summed E-state index contributed by atoms with van der Waals surface area (Å²) in [6.07, 6.45) is 3.09. The summed E-state index contributed by atoms with van der Waals surface area (Å²) < 4.78 is 10.7. The van der Waals surface area contributed by atoms with Gasteiger partial charge in [0.2, 0.25) is 0 Å². The molecule has 0 aromatic heterocycles. The average molecular weight is 251 g/mol. The van der Waals surface area contributed by atoms with Gasteiger partial charge in [-0.25, -0.2) is 0 Å². The van der Waals surface area contributed by atoms with Crippen LogP contribution in [0.4, 0.5) is 5.69 Å². The lowest BCUT2D eigenvalue weighted by atomic mass is 10.1. The molecular formula is C14H21NO3. The minimum absolute atomic E-state index is 0.230. The van der Waals surface area contributed by atoms with Crippen LogP contribution in [0.25, 0.3) is 0 Å². The molecule has 4 nitrogen and oxygen atoms in total. The van der Waals surface area contributed by atoms with Crippen LogP contribution in [0.5, 0.6) is 11.5 Å². The van der Waals surface area contributed by atoms with E-state index in [1.165, 1.54) is 0 Å². The minimum atomic E-state index is 0.230. The molecular weight excluding hydrogens is 230 g/mol. The van der Waals surface area contributed by atoms with Crippen molar-refractivity contribution in [2.24, 2.45) is 0 Å². The van der Waals surface area contributed by atoms with Crippen molar-refractivity contribution >= 4 is 5.69 Å². The summed E-state index contributed by atoms with van der Waals surface area (Å²) in [5.41, 5.74) is 1.06. The van der Waals surface area contributed by atoms with E-state index in [0.29, 0.717) is 6.04 Å². The lowest BCUT2D eigenvalue weighted by Gasteiger charge is -2.28. The fourth-order valence-electron chi connectivity index (χ4n) is 2.62. The average Bonchev–Trinajstić information content (AvgIpc) is 2.86. The molecule has 1 aliphatic heterocycles. The predicted octanol–water partition coefficient (Wildman–Crippen LogP) is 2.05. The van der Waals surface area contributed by atoms with Crippen LogP contribution >= 0.6 is 0 Å². The first-order chi connectivity index (χ1) is 8.80. The molecule has 1 saturated heterocycles. The quantitative estimate of drug-likeness (QED) is 0.869. The van der Waals surface area contributed by atoms with Gasteiger partial charge < -0.3 is 19.5 Å². The zero-order chi connectivity index (χ0) is 13.0. The third kappa shape index (κ3) is 2.53. The second-order valence-corrected chi connectivity index (χ2v) is 4.54. The molecule has 1 N–H and O–H groups in total. The molecule has 1 aromatic carbocycles. The number of aliphatic hydroxyl groups excluding tert-OH is 1. The number of ether oxygens (including phenoxy) is 2. The van der Waals surface area contributed by atoms with E-state index in [1.807, 2.05) is 18.2 Å². The van der Waals surface area contributed by atoms with Gasteiger partial charge in [0.25, 0.3) is 0 Å². The summed E-state index contributed by atoms with van der Waals surface area (Å²) >= 11 is 0. The molecule has 1 aromatic rings. The topological polar surface area (TPSA) is 41.9 Å². The highest BCUT2D eigenvalue weighted by molar-refractivity contribution is 5.62. The molecule has 100 valence electrons. The summed E-state index contributed by atoms with van der Waals surface area (Å²) in [7, 11) is 3.35. The molecule has 4 heteroatoms. The first kappa shape index (κ1) is 13.0. The van der Waals surface area contributed by atoms with E-state index >= 15 is 0 Å². The normalized spacial score (nSPS) is 19.1. The van der Waals surface area contributed by atoms with E-state index in [1.54, 1.807) is 14.2 Å². The van der Waals surface area contributed by atoms with Crippen molar-refractivity contribution < 1.29 is 14.6 Å². The Balaban J connectivity index is 2.29. The molecule has 0 saturated carbocycles.